The topological polar surface area (TPSA) is 26.3 Å². The Bertz CT molecular complexity index is 380. The minimum Gasteiger partial charge on any atom is -0.493 e. The van der Waals surface area contributed by atoms with E-state index in [9.17, 15) is 4.79 Å². The molecule has 4 heteroatoms. The maximum absolute atomic E-state index is 12.0. The number of hydrogen-bond acceptors (Lipinski definition) is 2. The van der Waals surface area contributed by atoms with Crippen LogP contribution in [0.3, 0.4) is 0 Å². The van der Waals surface area contributed by atoms with Crippen molar-refractivity contribution in [1.82, 2.24) is 0 Å². The molecule has 1 aromatic carbocycles. The number of hydrogen-bond donors (Lipinski definition) is 0. The van der Waals surface area contributed by atoms with E-state index >= 15 is 0 Å². The lowest BCUT2D eigenvalue weighted by Gasteiger charge is -2.10. The summed E-state index contributed by atoms with van der Waals surface area (Å²) in [7, 11) is 0. The molecule has 0 aliphatic rings. The molecule has 0 bridgehead atoms. The van der Waals surface area contributed by atoms with Gasteiger partial charge in [0.2, 0.25) is 0 Å². The fraction of sp³-hybridized carbons (Fsp3) is 0.462. The number of Topliss-reactive ketones (excluding diaryl/α,β-unsaturated/α-hetero) is 1. The smallest absolute Gasteiger partial charge is 0.166 e. The molecule has 0 amide bonds. The summed E-state index contributed by atoms with van der Waals surface area (Å²) in [6, 6.07) is 5.51. The van der Waals surface area contributed by atoms with Crippen LogP contribution in [0.4, 0.5) is 0 Å². The molecular formula is C13H16BrClO2. The standard InChI is InChI=1S/C13H16BrClO2/c1-2-8-17-13-6-5-10(14)9-11(13)12(16)4-3-7-15/h5-6,9H,2-4,7-8H2,1H3. The second-order valence-electron chi connectivity index (χ2n) is 3.70. The third-order valence-corrected chi connectivity index (χ3v) is 3.00. The molecule has 94 valence electrons. The molecule has 0 heterocycles. The third kappa shape index (κ3) is 4.68. The first-order chi connectivity index (χ1) is 8.19. The van der Waals surface area contributed by atoms with Gasteiger partial charge in [0.1, 0.15) is 5.75 Å². The number of ketones is 1. The van der Waals surface area contributed by atoms with Gasteiger partial charge in [0.15, 0.2) is 5.78 Å². The van der Waals surface area contributed by atoms with E-state index in [-0.39, 0.29) is 5.78 Å². The van der Waals surface area contributed by atoms with Gasteiger partial charge in [-0.25, -0.2) is 0 Å². The van der Waals surface area contributed by atoms with Crippen molar-refractivity contribution in [2.45, 2.75) is 26.2 Å². The van der Waals surface area contributed by atoms with E-state index in [1.165, 1.54) is 0 Å². The van der Waals surface area contributed by atoms with Crippen molar-refractivity contribution < 1.29 is 9.53 Å². The van der Waals surface area contributed by atoms with Gasteiger partial charge in [-0.3, -0.25) is 4.79 Å². The van der Waals surface area contributed by atoms with Crippen LogP contribution in [0.1, 0.15) is 36.5 Å². The Labute approximate surface area is 115 Å². The lowest BCUT2D eigenvalue weighted by atomic mass is 10.1. The summed E-state index contributed by atoms with van der Waals surface area (Å²) < 4.78 is 6.45. The summed E-state index contributed by atoms with van der Waals surface area (Å²) >= 11 is 8.96. The van der Waals surface area contributed by atoms with E-state index < -0.39 is 0 Å². The molecule has 2 nitrogen and oxygen atoms in total. The summed E-state index contributed by atoms with van der Waals surface area (Å²) in [5.74, 6) is 1.25. The van der Waals surface area contributed by atoms with Crippen molar-refractivity contribution in [2.75, 3.05) is 12.5 Å². The van der Waals surface area contributed by atoms with Crippen LogP contribution in [-0.2, 0) is 0 Å². The van der Waals surface area contributed by atoms with Gasteiger partial charge in [0.25, 0.3) is 0 Å². The second kappa shape index (κ2) is 7.72. The summed E-state index contributed by atoms with van der Waals surface area (Å²) in [6.07, 6.45) is 2.08. The van der Waals surface area contributed by atoms with Crippen molar-refractivity contribution in [3.8, 4) is 5.75 Å². The minimum atomic E-state index is 0.0815. The largest absolute Gasteiger partial charge is 0.493 e. The number of alkyl halides is 1. The molecular weight excluding hydrogens is 303 g/mol. The molecule has 0 aliphatic heterocycles. The molecule has 0 atom stereocenters. The molecule has 1 aromatic rings. The first kappa shape index (κ1) is 14.5. The molecule has 0 aliphatic carbocycles. The molecule has 17 heavy (non-hydrogen) atoms. The predicted molar refractivity (Wildman–Crippen MR) is 74.2 cm³/mol. The van der Waals surface area contributed by atoms with Gasteiger partial charge in [0, 0.05) is 16.8 Å². The number of carbonyl (C=O) groups excluding carboxylic acids is 1. The Balaban J connectivity index is 2.85. The fourth-order valence-electron chi connectivity index (χ4n) is 1.42. The zero-order valence-corrected chi connectivity index (χ0v) is 12.2. The van der Waals surface area contributed by atoms with E-state index in [2.05, 4.69) is 15.9 Å². The zero-order chi connectivity index (χ0) is 12.7. The fourth-order valence-corrected chi connectivity index (χ4v) is 1.91. The van der Waals surface area contributed by atoms with Crippen LogP contribution >= 0.6 is 27.5 Å². The molecule has 0 radical (unpaired) electrons. The normalized spacial score (nSPS) is 10.3. The van der Waals surface area contributed by atoms with Crippen molar-refractivity contribution in [3.63, 3.8) is 0 Å². The number of benzene rings is 1. The lowest BCUT2D eigenvalue weighted by Crippen LogP contribution is -2.05. The highest BCUT2D eigenvalue weighted by Gasteiger charge is 2.12. The van der Waals surface area contributed by atoms with Gasteiger partial charge in [-0.2, -0.15) is 0 Å². The SMILES string of the molecule is CCCOc1ccc(Br)cc1C(=O)CCCCl. The molecule has 0 unspecified atom stereocenters. The van der Waals surface area contributed by atoms with E-state index in [4.69, 9.17) is 16.3 Å². The predicted octanol–water partition coefficient (Wildman–Crippen LogP) is 4.44. The summed E-state index contributed by atoms with van der Waals surface area (Å²) in [4.78, 5) is 12.0. The van der Waals surface area contributed by atoms with Crippen molar-refractivity contribution in [3.05, 3.63) is 28.2 Å². The van der Waals surface area contributed by atoms with Crippen LogP contribution in [0, 0.1) is 0 Å². The van der Waals surface area contributed by atoms with Crippen molar-refractivity contribution in [2.24, 2.45) is 0 Å². The van der Waals surface area contributed by atoms with Crippen LogP contribution < -0.4 is 4.74 Å². The Morgan fingerprint density at radius 1 is 1.47 bits per heavy atom. The van der Waals surface area contributed by atoms with Crippen LogP contribution in [0.2, 0.25) is 0 Å². The Kier molecular flexibility index (Phi) is 6.60. The molecule has 0 saturated carbocycles. The second-order valence-corrected chi connectivity index (χ2v) is 5.00. The first-order valence-corrected chi connectivity index (χ1v) is 7.03. The highest BCUT2D eigenvalue weighted by atomic mass is 79.9. The van der Waals surface area contributed by atoms with Crippen LogP contribution in [0.15, 0.2) is 22.7 Å². The van der Waals surface area contributed by atoms with Gasteiger partial charge in [-0.1, -0.05) is 22.9 Å². The Hall–Kier alpha value is -0.540. The number of halogens is 2. The van der Waals surface area contributed by atoms with Crippen LogP contribution in [0.25, 0.3) is 0 Å². The number of carbonyl (C=O) groups is 1. The Morgan fingerprint density at radius 2 is 2.24 bits per heavy atom. The molecule has 0 spiro atoms. The maximum Gasteiger partial charge on any atom is 0.166 e. The molecule has 0 fully saturated rings. The van der Waals surface area contributed by atoms with Crippen LogP contribution in [0.5, 0.6) is 5.75 Å². The summed E-state index contributed by atoms with van der Waals surface area (Å²) in [6.45, 7) is 2.66. The quantitative estimate of drug-likeness (QED) is 0.548. The molecule has 0 saturated heterocycles. The van der Waals surface area contributed by atoms with Crippen molar-refractivity contribution in [1.29, 1.82) is 0 Å². The molecule has 1 rings (SSSR count). The van der Waals surface area contributed by atoms with Gasteiger partial charge in [0.05, 0.1) is 12.2 Å². The number of ether oxygens (including phenoxy) is 1. The zero-order valence-electron chi connectivity index (χ0n) is 9.84. The van der Waals surface area contributed by atoms with Crippen molar-refractivity contribution >= 4 is 33.3 Å². The van der Waals surface area contributed by atoms with Gasteiger partial charge in [-0.05, 0) is 31.0 Å². The molecule has 0 N–H and O–H groups in total. The van der Waals surface area contributed by atoms with E-state index in [0.29, 0.717) is 36.6 Å². The first-order valence-electron chi connectivity index (χ1n) is 5.70. The minimum absolute atomic E-state index is 0.0815. The lowest BCUT2D eigenvalue weighted by molar-refractivity contribution is 0.0978. The van der Waals surface area contributed by atoms with Crippen LogP contribution in [-0.4, -0.2) is 18.3 Å². The highest BCUT2D eigenvalue weighted by Crippen LogP contribution is 2.25. The summed E-state index contributed by atoms with van der Waals surface area (Å²) in [5, 5.41) is 0. The van der Waals surface area contributed by atoms with E-state index in [1.54, 1.807) is 0 Å². The van der Waals surface area contributed by atoms with Gasteiger partial charge < -0.3 is 4.74 Å². The molecule has 0 aromatic heterocycles. The average Bonchev–Trinajstić information content (AvgIpc) is 2.34. The monoisotopic (exact) mass is 318 g/mol. The average molecular weight is 320 g/mol. The van der Waals surface area contributed by atoms with E-state index in [0.717, 1.165) is 10.9 Å². The maximum atomic E-state index is 12.0. The van der Waals surface area contributed by atoms with Gasteiger partial charge >= 0.3 is 0 Å². The summed E-state index contributed by atoms with van der Waals surface area (Å²) in [5.41, 5.74) is 0.637. The highest BCUT2D eigenvalue weighted by molar-refractivity contribution is 9.10. The Morgan fingerprint density at radius 3 is 2.88 bits per heavy atom. The third-order valence-electron chi connectivity index (χ3n) is 2.24. The van der Waals surface area contributed by atoms with Gasteiger partial charge in [-0.15, -0.1) is 11.6 Å². The number of rotatable bonds is 7. The van der Waals surface area contributed by atoms with E-state index in [1.807, 2.05) is 25.1 Å².